The lowest BCUT2D eigenvalue weighted by molar-refractivity contribution is 0.0543. The van der Waals surface area contributed by atoms with E-state index in [9.17, 15) is 4.57 Å². The van der Waals surface area contributed by atoms with Crippen LogP contribution in [-0.4, -0.2) is 35.2 Å². The molecule has 1 radical (unpaired) electrons. The number of ether oxygens (including phenoxy) is 1. The fraction of sp³-hybridized carbons (Fsp3) is 1.00. The lowest BCUT2D eigenvalue weighted by atomic mass is 9.85. The molecule has 0 aromatic rings. The fourth-order valence-corrected chi connectivity index (χ4v) is 6.22. The third-order valence-corrected chi connectivity index (χ3v) is 8.53. The number of rotatable bonds is 21. The summed E-state index contributed by atoms with van der Waals surface area (Å²) in [4.78, 5) is 8.69. The van der Waals surface area contributed by atoms with Crippen molar-refractivity contribution in [3.63, 3.8) is 0 Å². The van der Waals surface area contributed by atoms with Crippen molar-refractivity contribution in [3.05, 3.63) is 0 Å². The first-order valence-corrected chi connectivity index (χ1v) is 15.3. The summed E-state index contributed by atoms with van der Waals surface area (Å²) in [6, 6.07) is 0. The van der Waals surface area contributed by atoms with Gasteiger partial charge in [0, 0.05) is 11.9 Å². The van der Waals surface area contributed by atoms with Crippen LogP contribution in [0.1, 0.15) is 123 Å². The number of hydrogen-bond acceptors (Lipinski definition) is 4. The van der Waals surface area contributed by atoms with Gasteiger partial charge in [0.05, 0.1) is 12.7 Å². The van der Waals surface area contributed by atoms with E-state index in [1.165, 1.54) is 108 Å². The minimum atomic E-state index is -2.49. The second kappa shape index (κ2) is 20.9. The van der Waals surface area contributed by atoms with Gasteiger partial charge in [-0.3, -0.25) is 9.42 Å². The molecule has 0 aromatic heterocycles. The molecular formula is C25H50O4PS. The predicted molar refractivity (Wildman–Crippen MR) is 135 cm³/mol. The summed E-state index contributed by atoms with van der Waals surface area (Å²) in [5, 5.41) is 0.555. The normalized spacial score (nSPS) is 17.6. The van der Waals surface area contributed by atoms with Gasteiger partial charge >= 0.3 is 8.25 Å². The Bertz CT molecular complexity index is 418. The van der Waals surface area contributed by atoms with E-state index in [1.54, 1.807) is 0 Å². The van der Waals surface area contributed by atoms with Gasteiger partial charge < -0.3 is 4.74 Å². The van der Waals surface area contributed by atoms with Gasteiger partial charge in [0.15, 0.2) is 0 Å². The van der Waals surface area contributed by atoms with E-state index in [-0.39, 0.29) is 12.7 Å². The predicted octanol–water partition coefficient (Wildman–Crippen LogP) is 8.44. The van der Waals surface area contributed by atoms with Gasteiger partial charge in [-0.1, -0.05) is 96.8 Å². The highest BCUT2D eigenvalue weighted by molar-refractivity contribution is 7.99. The molecule has 3 unspecified atom stereocenters. The Kier molecular flexibility index (Phi) is 19.8. The van der Waals surface area contributed by atoms with E-state index in [4.69, 9.17) is 14.2 Å². The minimum Gasteiger partial charge on any atom is -0.377 e. The molecule has 4 nitrogen and oxygen atoms in total. The van der Waals surface area contributed by atoms with Crippen LogP contribution in [0.15, 0.2) is 0 Å². The molecule has 185 valence electrons. The summed E-state index contributed by atoms with van der Waals surface area (Å²) in [7, 11) is -2.49. The van der Waals surface area contributed by atoms with Crippen LogP contribution in [0.2, 0.25) is 0 Å². The highest BCUT2D eigenvalue weighted by Gasteiger charge is 2.18. The van der Waals surface area contributed by atoms with Crippen molar-refractivity contribution in [2.45, 2.75) is 134 Å². The van der Waals surface area contributed by atoms with Crippen LogP contribution in [0.3, 0.4) is 0 Å². The van der Waals surface area contributed by atoms with Gasteiger partial charge in [0.2, 0.25) is 0 Å². The zero-order valence-electron chi connectivity index (χ0n) is 20.4. The lowest BCUT2D eigenvalue weighted by Gasteiger charge is -2.24. The van der Waals surface area contributed by atoms with Crippen LogP contribution in [0.25, 0.3) is 0 Å². The van der Waals surface area contributed by atoms with E-state index in [1.807, 2.05) is 0 Å². The minimum absolute atomic E-state index is 0.227. The van der Waals surface area contributed by atoms with E-state index >= 15 is 0 Å². The fourth-order valence-electron chi connectivity index (χ4n) is 4.58. The summed E-state index contributed by atoms with van der Waals surface area (Å²) in [5.41, 5.74) is 0. The van der Waals surface area contributed by atoms with Gasteiger partial charge in [-0.25, -0.2) is 4.57 Å². The standard InChI is InChI=1S/C25H50O4PS/c1-3-4-5-6-13-19-25(23(2)28-20-15-21-29-30(26)27)31-22-14-8-7-10-16-24-17-11-9-12-18-24/h23-25H,3-22H2,1-2H3,(H,26,27). The SMILES string of the molecule is CCCCCCCC(SCCCCCCC1CCCCC1)C(C)OCCCO[P](=O)O. The summed E-state index contributed by atoms with van der Waals surface area (Å²) < 4.78 is 21.3. The van der Waals surface area contributed by atoms with Crippen molar-refractivity contribution in [1.29, 1.82) is 0 Å². The first-order valence-electron chi connectivity index (χ1n) is 13.2. The molecule has 0 amide bonds. The molecule has 0 aliphatic heterocycles. The summed E-state index contributed by atoms with van der Waals surface area (Å²) in [5.74, 6) is 2.27. The van der Waals surface area contributed by atoms with Gasteiger partial charge in [-0.2, -0.15) is 11.8 Å². The molecule has 0 aromatic carbocycles. The number of hydrogen-bond donors (Lipinski definition) is 1. The molecule has 0 bridgehead atoms. The monoisotopic (exact) mass is 477 g/mol. The van der Waals surface area contributed by atoms with Crippen LogP contribution in [-0.2, 0) is 13.8 Å². The Hall–Kier alpha value is 0.330. The molecule has 0 saturated heterocycles. The number of thioether (sulfide) groups is 1. The summed E-state index contributed by atoms with van der Waals surface area (Å²) >= 11 is 2.11. The molecule has 3 atom stereocenters. The molecular weight excluding hydrogens is 427 g/mol. The van der Waals surface area contributed by atoms with Crippen LogP contribution < -0.4 is 0 Å². The smallest absolute Gasteiger partial charge is 0.366 e. The topological polar surface area (TPSA) is 55.8 Å². The Morgan fingerprint density at radius 3 is 2.39 bits per heavy atom. The molecule has 31 heavy (non-hydrogen) atoms. The van der Waals surface area contributed by atoms with Crippen molar-refractivity contribution in [3.8, 4) is 0 Å². The third kappa shape index (κ3) is 17.5. The first-order chi connectivity index (χ1) is 15.1. The molecule has 1 rings (SSSR count). The molecule has 0 spiro atoms. The molecule has 1 saturated carbocycles. The molecule has 0 heterocycles. The second-order valence-corrected chi connectivity index (χ2v) is 11.4. The van der Waals surface area contributed by atoms with Crippen molar-refractivity contribution in [2.24, 2.45) is 5.92 Å². The van der Waals surface area contributed by atoms with Crippen LogP contribution >= 0.6 is 20.0 Å². The Balaban J connectivity index is 2.16. The molecule has 1 aliphatic carbocycles. The maximum atomic E-state index is 10.6. The molecule has 1 N–H and O–H groups in total. The quantitative estimate of drug-likeness (QED) is 0.133. The Morgan fingerprint density at radius 1 is 0.935 bits per heavy atom. The van der Waals surface area contributed by atoms with E-state index < -0.39 is 8.25 Å². The maximum absolute atomic E-state index is 10.6. The first kappa shape index (κ1) is 29.4. The van der Waals surface area contributed by atoms with Crippen molar-refractivity contribution < 1.29 is 18.7 Å². The van der Waals surface area contributed by atoms with Gasteiger partial charge in [0.1, 0.15) is 0 Å². The molecule has 6 heteroatoms. The summed E-state index contributed by atoms with van der Waals surface area (Å²) in [6.45, 7) is 5.34. The highest BCUT2D eigenvalue weighted by Crippen LogP contribution is 2.29. The van der Waals surface area contributed by atoms with Crippen LogP contribution in [0.4, 0.5) is 0 Å². The van der Waals surface area contributed by atoms with E-state index in [2.05, 4.69) is 25.6 Å². The molecule has 1 aliphatic rings. The van der Waals surface area contributed by atoms with Crippen molar-refractivity contribution >= 4 is 20.0 Å². The lowest BCUT2D eigenvalue weighted by Crippen LogP contribution is -2.24. The highest BCUT2D eigenvalue weighted by atomic mass is 32.2. The van der Waals surface area contributed by atoms with Gasteiger partial charge in [0.25, 0.3) is 0 Å². The molecule has 1 fully saturated rings. The van der Waals surface area contributed by atoms with Gasteiger partial charge in [-0.05, 0) is 37.9 Å². The average molecular weight is 478 g/mol. The zero-order valence-corrected chi connectivity index (χ0v) is 22.1. The third-order valence-electron chi connectivity index (χ3n) is 6.55. The maximum Gasteiger partial charge on any atom is 0.366 e. The number of unbranched alkanes of at least 4 members (excludes halogenated alkanes) is 7. The average Bonchev–Trinajstić information content (AvgIpc) is 2.77. The zero-order chi connectivity index (χ0) is 22.6. The van der Waals surface area contributed by atoms with E-state index in [0.717, 1.165) is 5.92 Å². The largest absolute Gasteiger partial charge is 0.377 e. The Labute approximate surface area is 198 Å². The van der Waals surface area contributed by atoms with Crippen LogP contribution in [0.5, 0.6) is 0 Å². The van der Waals surface area contributed by atoms with Crippen molar-refractivity contribution in [1.82, 2.24) is 0 Å². The van der Waals surface area contributed by atoms with Crippen LogP contribution in [0, 0.1) is 5.92 Å². The van der Waals surface area contributed by atoms with Crippen molar-refractivity contribution in [2.75, 3.05) is 19.0 Å². The second-order valence-electron chi connectivity index (χ2n) is 9.32. The van der Waals surface area contributed by atoms with E-state index in [0.29, 0.717) is 18.3 Å². The Morgan fingerprint density at radius 2 is 1.65 bits per heavy atom. The van der Waals surface area contributed by atoms with Gasteiger partial charge in [-0.15, -0.1) is 0 Å². The summed E-state index contributed by atoms with van der Waals surface area (Å²) in [6.07, 6.45) is 23.1.